The van der Waals surface area contributed by atoms with E-state index in [2.05, 4.69) is 4.85 Å². The number of amides is 2. The first-order valence-corrected chi connectivity index (χ1v) is 8.41. The highest BCUT2D eigenvalue weighted by atomic mass is 19.4. The summed E-state index contributed by atoms with van der Waals surface area (Å²) in [6, 6.07) is 9.53. The normalized spacial score (nSPS) is 19.1. The van der Waals surface area contributed by atoms with Gasteiger partial charge in [-0.1, -0.05) is 23.8 Å². The number of benzene rings is 2. The second kappa shape index (κ2) is 7.13. The maximum absolute atomic E-state index is 13.2. The van der Waals surface area contributed by atoms with Gasteiger partial charge in [-0.05, 0) is 38.1 Å². The van der Waals surface area contributed by atoms with Crippen LogP contribution in [0.15, 0.2) is 42.5 Å². The van der Waals surface area contributed by atoms with Crippen molar-refractivity contribution in [2.24, 2.45) is 0 Å². The number of alkyl halides is 3. The molecule has 2 aromatic rings. The van der Waals surface area contributed by atoms with Crippen molar-refractivity contribution >= 4 is 23.4 Å². The number of hydrogen-bond donors (Lipinski definition) is 0. The Kier molecular flexibility index (Phi) is 4.96. The van der Waals surface area contributed by atoms with Gasteiger partial charge in [-0.3, -0.25) is 4.79 Å². The Bertz CT molecular complexity index is 1010. The predicted molar refractivity (Wildman–Crippen MR) is 96.8 cm³/mol. The highest BCUT2D eigenvalue weighted by Crippen LogP contribution is 2.40. The van der Waals surface area contributed by atoms with Gasteiger partial charge < -0.3 is 9.47 Å². The van der Waals surface area contributed by atoms with Crippen LogP contribution in [0.1, 0.15) is 18.1 Å². The van der Waals surface area contributed by atoms with E-state index in [1.165, 1.54) is 6.92 Å². The van der Waals surface area contributed by atoms with E-state index in [-0.39, 0.29) is 12.3 Å². The molecule has 1 aliphatic heterocycles. The van der Waals surface area contributed by atoms with Crippen molar-refractivity contribution in [3.8, 4) is 5.75 Å². The van der Waals surface area contributed by atoms with Gasteiger partial charge in [0.15, 0.2) is 5.69 Å². The molecule has 1 aliphatic rings. The summed E-state index contributed by atoms with van der Waals surface area (Å²) in [6.07, 6.45) is -5.94. The summed E-state index contributed by atoms with van der Waals surface area (Å²) < 4.78 is 50.3. The fourth-order valence-electron chi connectivity index (χ4n) is 2.76. The third kappa shape index (κ3) is 3.87. The molecule has 1 fully saturated rings. The molecule has 2 aromatic carbocycles. The van der Waals surface area contributed by atoms with Gasteiger partial charge in [0.25, 0.3) is 5.91 Å². The first kappa shape index (κ1) is 20.2. The quantitative estimate of drug-likeness (QED) is 0.681. The number of rotatable bonds is 4. The van der Waals surface area contributed by atoms with E-state index in [4.69, 9.17) is 16.0 Å². The van der Waals surface area contributed by atoms with Crippen LogP contribution in [-0.4, -0.2) is 24.2 Å². The average Bonchev–Trinajstić information content (AvgIpc) is 2.89. The maximum Gasteiger partial charge on any atom is 0.422 e. The largest absolute Gasteiger partial charge is 0.489 e. The number of aryl methyl sites for hydroxylation is 1. The number of nitrogens with zero attached hydrogens (tertiary/aromatic N) is 2. The first-order chi connectivity index (χ1) is 13.5. The van der Waals surface area contributed by atoms with Crippen LogP contribution in [-0.2, 0) is 15.7 Å². The molecule has 0 N–H and O–H groups in total. The SMILES string of the molecule is [C-]#[N+]c1ccc(N2C(=O)OC(C)(COc3ccc(C)cc3)C2=O)cc1C(F)(F)F. The highest BCUT2D eigenvalue weighted by molar-refractivity contribution is 6.20. The van der Waals surface area contributed by atoms with Gasteiger partial charge in [-0.15, -0.1) is 0 Å². The highest BCUT2D eigenvalue weighted by Gasteiger charge is 2.52. The van der Waals surface area contributed by atoms with Crippen LogP contribution in [0.5, 0.6) is 5.75 Å². The summed E-state index contributed by atoms with van der Waals surface area (Å²) in [6.45, 7) is 9.76. The van der Waals surface area contributed by atoms with Crippen molar-refractivity contribution in [2.45, 2.75) is 25.6 Å². The monoisotopic (exact) mass is 404 g/mol. The van der Waals surface area contributed by atoms with Crippen molar-refractivity contribution in [3.05, 3.63) is 65.0 Å². The summed E-state index contributed by atoms with van der Waals surface area (Å²) in [5.41, 5.74) is -2.92. The second-order valence-electron chi connectivity index (χ2n) is 6.65. The minimum atomic E-state index is -4.82. The summed E-state index contributed by atoms with van der Waals surface area (Å²) in [5, 5.41) is 0. The van der Waals surface area contributed by atoms with E-state index in [0.717, 1.165) is 17.7 Å². The number of carbonyl (C=O) groups is 2. The van der Waals surface area contributed by atoms with Gasteiger partial charge in [0.05, 0.1) is 17.8 Å². The minimum absolute atomic E-state index is 0.316. The molecule has 150 valence electrons. The molecule has 1 atom stereocenters. The Morgan fingerprint density at radius 2 is 1.83 bits per heavy atom. The molecule has 6 nitrogen and oxygen atoms in total. The van der Waals surface area contributed by atoms with Crippen molar-refractivity contribution in [3.63, 3.8) is 0 Å². The van der Waals surface area contributed by atoms with Gasteiger partial charge in [-0.25, -0.2) is 14.5 Å². The van der Waals surface area contributed by atoms with Gasteiger partial charge >= 0.3 is 12.3 Å². The van der Waals surface area contributed by atoms with Crippen LogP contribution in [0.2, 0.25) is 0 Å². The molecule has 29 heavy (non-hydrogen) atoms. The van der Waals surface area contributed by atoms with Gasteiger partial charge in [0.2, 0.25) is 5.60 Å². The Hall–Kier alpha value is -3.54. The topological polar surface area (TPSA) is 60.2 Å². The van der Waals surface area contributed by atoms with Crippen molar-refractivity contribution in [2.75, 3.05) is 11.5 Å². The fraction of sp³-hybridized carbons (Fsp3) is 0.250. The van der Waals surface area contributed by atoms with Crippen LogP contribution < -0.4 is 9.64 Å². The maximum atomic E-state index is 13.2. The minimum Gasteiger partial charge on any atom is -0.489 e. The zero-order valence-electron chi connectivity index (χ0n) is 15.4. The zero-order valence-corrected chi connectivity index (χ0v) is 15.4. The first-order valence-electron chi connectivity index (χ1n) is 8.41. The molecule has 0 radical (unpaired) electrons. The van der Waals surface area contributed by atoms with E-state index >= 15 is 0 Å². The molecule has 0 bridgehead atoms. The fourth-order valence-corrected chi connectivity index (χ4v) is 2.76. The van der Waals surface area contributed by atoms with Crippen LogP contribution >= 0.6 is 0 Å². The molecule has 0 spiro atoms. The zero-order chi connectivity index (χ0) is 21.4. The van der Waals surface area contributed by atoms with Crippen molar-refractivity contribution in [1.82, 2.24) is 0 Å². The van der Waals surface area contributed by atoms with E-state index in [1.807, 2.05) is 6.92 Å². The van der Waals surface area contributed by atoms with E-state index in [0.29, 0.717) is 16.7 Å². The molecule has 1 saturated heterocycles. The lowest BCUT2D eigenvalue weighted by Crippen LogP contribution is -2.43. The van der Waals surface area contributed by atoms with Gasteiger partial charge in [-0.2, -0.15) is 13.2 Å². The van der Waals surface area contributed by atoms with Crippen molar-refractivity contribution < 1.29 is 32.2 Å². The average molecular weight is 404 g/mol. The van der Waals surface area contributed by atoms with E-state index in [1.54, 1.807) is 24.3 Å². The van der Waals surface area contributed by atoms with E-state index < -0.39 is 35.0 Å². The third-order valence-electron chi connectivity index (χ3n) is 4.35. The number of carbonyl (C=O) groups excluding carboxylic acids is 2. The third-order valence-corrected chi connectivity index (χ3v) is 4.35. The lowest BCUT2D eigenvalue weighted by Gasteiger charge is -2.20. The lowest BCUT2D eigenvalue weighted by atomic mass is 10.1. The van der Waals surface area contributed by atoms with Crippen LogP contribution in [0, 0.1) is 13.5 Å². The molecule has 0 aromatic heterocycles. The number of cyclic esters (lactones) is 1. The lowest BCUT2D eigenvalue weighted by molar-refractivity contribution is -0.137. The van der Waals surface area contributed by atoms with Crippen LogP contribution in [0.3, 0.4) is 0 Å². The number of hydrogen-bond acceptors (Lipinski definition) is 4. The number of anilines is 1. The summed E-state index contributed by atoms with van der Waals surface area (Å²) in [4.78, 5) is 28.4. The number of ether oxygens (including phenoxy) is 2. The Labute approximate surface area is 164 Å². The molecule has 9 heteroatoms. The summed E-state index contributed by atoms with van der Waals surface area (Å²) >= 11 is 0. The molecule has 0 saturated carbocycles. The molecule has 1 unspecified atom stereocenters. The standard InChI is InChI=1S/C20H15F3N2O4/c1-12-4-7-14(8-5-12)28-11-19(2)17(26)25(18(27)29-19)13-6-9-16(24-3)15(10-13)20(21,22)23/h4-10H,11H2,1-2H3. The smallest absolute Gasteiger partial charge is 0.422 e. The Balaban J connectivity index is 1.87. The molecule has 2 amide bonds. The van der Waals surface area contributed by atoms with E-state index in [9.17, 15) is 22.8 Å². The van der Waals surface area contributed by atoms with Gasteiger partial charge in [0.1, 0.15) is 12.4 Å². The second-order valence-corrected chi connectivity index (χ2v) is 6.65. The Morgan fingerprint density at radius 3 is 2.41 bits per heavy atom. The molecular formula is C20H15F3N2O4. The Morgan fingerprint density at radius 1 is 1.17 bits per heavy atom. The van der Waals surface area contributed by atoms with Crippen molar-refractivity contribution in [1.29, 1.82) is 0 Å². The van der Waals surface area contributed by atoms with Crippen LogP contribution in [0.25, 0.3) is 4.85 Å². The molecule has 1 heterocycles. The predicted octanol–water partition coefficient (Wildman–Crippen LogP) is 4.89. The molecule has 0 aliphatic carbocycles. The molecule has 3 rings (SSSR count). The van der Waals surface area contributed by atoms with Crippen LogP contribution in [0.4, 0.5) is 29.3 Å². The molecular weight excluding hydrogens is 389 g/mol. The van der Waals surface area contributed by atoms with Gasteiger partial charge in [0, 0.05) is 0 Å². The summed E-state index contributed by atoms with van der Waals surface area (Å²) in [5.74, 6) is -0.418. The number of imide groups is 1. The number of halogens is 3. The summed E-state index contributed by atoms with van der Waals surface area (Å²) in [7, 11) is 0.